The number of nitrogens with one attached hydrogen (secondary N) is 2. The van der Waals surface area contributed by atoms with E-state index in [1.165, 1.54) is 36.4 Å². The third kappa shape index (κ3) is 5.27. The van der Waals surface area contributed by atoms with Crippen molar-refractivity contribution in [2.24, 2.45) is 4.99 Å². The van der Waals surface area contributed by atoms with Crippen LogP contribution in [0, 0.1) is 5.82 Å². The van der Waals surface area contributed by atoms with Crippen LogP contribution in [-0.2, 0) is 29.8 Å². The van der Waals surface area contributed by atoms with E-state index in [1.54, 1.807) is 12.1 Å². The van der Waals surface area contributed by atoms with Gasteiger partial charge in [0.05, 0.1) is 10.3 Å². The number of carbonyl (C=O) groups excluding carboxylic acids is 2. The van der Waals surface area contributed by atoms with Gasteiger partial charge in [0.15, 0.2) is 6.61 Å². The van der Waals surface area contributed by atoms with Crippen molar-refractivity contribution in [1.82, 2.24) is 4.72 Å². The number of aliphatic imine (C=N–C) groups is 1. The fraction of sp³-hybridized carbons (Fsp3) is 0.375. The number of ether oxygens (including phenoxy) is 1. The van der Waals surface area contributed by atoms with E-state index in [4.69, 9.17) is 4.74 Å². The van der Waals surface area contributed by atoms with Crippen molar-refractivity contribution >= 4 is 33.4 Å². The number of amidine groups is 1. The molecule has 1 fully saturated rings. The first-order valence-electron chi connectivity index (χ1n) is 11.2. The molecule has 34 heavy (non-hydrogen) atoms. The summed E-state index contributed by atoms with van der Waals surface area (Å²) in [5.74, 6) is -1.19. The second-order valence-corrected chi connectivity index (χ2v) is 10.2. The van der Waals surface area contributed by atoms with Crippen molar-refractivity contribution < 1.29 is 27.1 Å². The van der Waals surface area contributed by atoms with Crippen LogP contribution >= 0.6 is 0 Å². The molecule has 0 radical (unpaired) electrons. The van der Waals surface area contributed by atoms with Crippen molar-refractivity contribution in [3.05, 3.63) is 59.9 Å². The van der Waals surface area contributed by atoms with Gasteiger partial charge < -0.3 is 10.1 Å². The van der Waals surface area contributed by atoms with E-state index in [1.807, 2.05) is 0 Å². The number of esters is 1. The van der Waals surface area contributed by atoms with Crippen molar-refractivity contribution in [3.8, 4) is 0 Å². The van der Waals surface area contributed by atoms with Gasteiger partial charge in [-0.05, 0) is 55.2 Å². The first kappa shape index (κ1) is 23.9. The number of hydrogen-bond acceptors (Lipinski definition) is 6. The number of hydrogen-bond donors (Lipinski definition) is 2. The molecule has 2 aliphatic rings. The Balaban J connectivity index is 1.39. The predicted octanol–water partition coefficient (Wildman–Crippen LogP) is 3.29. The smallest absolute Gasteiger partial charge is 0.317 e. The summed E-state index contributed by atoms with van der Waals surface area (Å²) >= 11 is 0. The van der Waals surface area contributed by atoms with Gasteiger partial charge in [-0.1, -0.05) is 31.0 Å². The van der Waals surface area contributed by atoms with Crippen molar-refractivity contribution in [3.63, 3.8) is 0 Å². The largest absolute Gasteiger partial charge is 0.455 e. The molecular weight excluding hydrogens is 461 g/mol. The number of amides is 1. The maximum Gasteiger partial charge on any atom is 0.317 e. The van der Waals surface area contributed by atoms with Gasteiger partial charge in [-0.25, -0.2) is 12.8 Å². The minimum atomic E-state index is -3.83. The highest BCUT2D eigenvalue weighted by atomic mass is 32.2. The fourth-order valence-corrected chi connectivity index (χ4v) is 5.55. The Labute approximate surface area is 197 Å². The van der Waals surface area contributed by atoms with Crippen LogP contribution in [0.2, 0.25) is 0 Å². The zero-order valence-corrected chi connectivity index (χ0v) is 19.4. The molecule has 2 N–H and O–H groups in total. The Kier molecular flexibility index (Phi) is 6.97. The summed E-state index contributed by atoms with van der Waals surface area (Å²) in [6, 6.07) is 11.7. The van der Waals surface area contributed by atoms with E-state index in [2.05, 4.69) is 15.0 Å². The molecule has 1 heterocycles. The molecule has 1 aliphatic carbocycles. The molecule has 1 aliphatic heterocycles. The molecule has 2 aromatic carbocycles. The zero-order valence-electron chi connectivity index (χ0n) is 18.6. The van der Waals surface area contributed by atoms with Gasteiger partial charge in [-0.2, -0.15) is 0 Å². The molecule has 0 saturated heterocycles. The maximum atomic E-state index is 13.8. The fourth-order valence-electron chi connectivity index (χ4n) is 4.42. The molecule has 0 unspecified atom stereocenters. The highest BCUT2D eigenvalue weighted by Gasteiger charge is 2.44. The van der Waals surface area contributed by atoms with E-state index in [0.29, 0.717) is 37.2 Å². The van der Waals surface area contributed by atoms with Gasteiger partial charge in [-0.3, -0.25) is 19.3 Å². The molecule has 0 bridgehead atoms. The summed E-state index contributed by atoms with van der Waals surface area (Å²) < 4.78 is 46.7. The number of rotatable bonds is 7. The van der Waals surface area contributed by atoms with Crippen molar-refractivity contribution in [1.29, 1.82) is 0 Å². The second kappa shape index (κ2) is 9.92. The van der Waals surface area contributed by atoms with Crippen LogP contribution in [0.4, 0.5) is 10.1 Å². The second-order valence-electron chi connectivity index (χ2n) is 8.49. The van der Waals surface area contributed by atoms with Crippen LogP contribution in [0.15, 0.2) is 58.4 Å². The average Bonchev–Trinajstić information content (AvgIpc) is 3.50. The lowest BCUT2D eigenvalue weighted by atomic mass is 9.79. The quantitative estimate of drug-likeness (QED) is 0.582. The average molecular weight is 488 g/mol. The van der Waals surface area contributed by atoms with Crippen LogP contribution in [0.1, 0.15) is 44.1 Å². The molecule has 1 saturated carbocycles. The summed E-state index contributed by atoms with van der Waals surface area (Å²) in [5.41, 5.74) is -0.170. The summed E-state index contributed by atoms with van der Waals surface area (Å²) in [6.45, 7) is 0.0507. The summed E-state index contributed by atoms with van der Waals surface area (Å²) in [7, 11) is -3.83. The molecule has 2 aromatic rings. The lowest BCUT2D eigenvalue weighted by Gasteiger charge is -2.27. The lowest BCUT2D eigenvalue weighted by Crippen LogP contribution is -2.36. The third-order valence-corrected chi connectivity index (χ3v) is 7.49. The molecule has 0 atom stereocenters. The van der Waals surface area contributed by atoms with Crippen LogP contribution in [0.5, 0.6) is 0 Å². The van der Waals surface area contributed by atoms with Gasteiger partial charge in [0.2, 0.25) is 0 Å². The van der Waals surface area contributed by atoms with Crippen LogP contribution in [0.25, 0.3) is 0 Å². The van der Waals surface area contributed by atoms with Gasteiger partial charge in [0.1, 0.15) is 11.7 Å². The summed E-state index contributed by atoms with van der Waals surface area (Å²) in [6.07, 6.45) is 4.02. The maximum absolute atomic E-state index is 13.8. The molecule has 180 valence electrons. The Hall–Kier alpha value is -3.27. The number of benzene rings is 2. The minimum absolute atomic E-state index is 0.0205. The molecular formula is C24H26FN3O5S. The van der Waals surface area contributed by atoms with Gasteiger partial charge >= 0.3 is 5.97 Å². The first-order valence-corrected chi connectivity index (χ1v) is 12.7. The Morgan fingerprint density at radius 2 is 1.82 bits per heavy atom. The molecule has 10 heteroatoms. The topological polar surface area (TPSA) is 114 Å². The molecule has 0 aromatic heterocycles. The number of nitrogens with zero attached hydrogens (tertiary/aromatic N) is 1. The highest BCUT2D eigenvalue weighted by molar-refractivity contribution is 7.90. The zero-order chi connectivity index (χ0) is 24.2. The SMILES string of the molecule is O=C(COC(=O)C1(c2cccc(F)c2)CCCC1)Nc1cccc(S(=O)(=O)NC2=NCCC2)c1. The van der Waals surface area contributed by atoms with E-state index < -0.39 is 39.7 Å². The lowest BCUT2D eigenvalue weighted by molar-refractivity contribution is -0.153. The normalized spacial score (nSPS) is 17.1. The van der Waals surface area contributed by atoms with Crippen LogP contribution < -0.4 is 10.0 Å². The molecule has 0 spiro atoms. The van der Waals surface area contributed by atoms with Crippen LogP contribution in [-0.4, -0.2) is 39.3 Å². The minimum Gasteiger partial charge on any atom is -0.455 e. The van der Waals surface area contributed by atoms with Crippen molar-refractivity contribution in [2.75, 3.05) is 18.5 Å². The van der Waals surface area contributed by atoms with Gasteiger partial charge in [-0.15, -0.1) is 0 Å². The van der Waals surface area contributed by atoms with E-state index >= 15 is 0 Å². The number of halogens is 1. The summed E-state index contributed by atoms with van der Waals surface area (Å²) in [5, 5.41) is 2.56. The third-order valence-electron chi connectivity index (χ3n) is 6.11. The highest BCUT2D eigenvalue weighted by Crippen LogP contribution is 2.42. The predicted molar refractivity (Wildman–Crippen MR) is 124 cm³/mol. The van der Waals surface area contributed by atoms with Crippen LogP contribution in [0.3, 0.4) is 0 Å². The molecule has 4 rings (SSSR count). The van der Waals surface area contributed by atoms with Gasteiger partial charge in [0.25, 0.3) is 15.9 Å². The first-order chi connectivity index (χ1) is 16.3. The van der Waals surface area contributed by atoms with Gasteiger partial charge in [0, 0.05) is 18.7 Å². The van der Waals surface area contributed by atoms with E-state index in [0.717, 1.165) is 19.3 Å². The monoisotopic (exact) mass is 487 g/mol. The number of anilines is 1. The van der Waals surface area contributed by atoms with E-state index in [-0.39, 0.29) is 10.6 Å². The van der Waals surface area contributed by atoms with E-state index in [9.17, 15) is 22.4 Å². The Bertz CT molecular complexity index is 1220. The number of sulfonamides is 1. The number of carbonyl (C=O) groups is 2. The molecule has 8 nitrogen and oxygen atoms in total. The molecule has 1 amide bonds. The Morgan fingerprint density at radius 3 is 2.53 bits per heavy atom. The standard InChI is InChI=1S/C24H26FN3O5S/c25-18-7-3-6-17(14-18)24(11-1-2-12-24)23(30)33-16-22(29)27-19-8-4-9-20(15-19)34(31,32)28-21-10-5-13-26-21/h3-4,6-9,14-15H,1-2,5,10-13,16H2,(H,26,28)(H,27,29). The van der Waals surface area contributed by atoms with Crippen molar-refractivity contribution in [2.45, 2.75) is 48.8 Å². The summed E-state index contributed by atoms with van der Waals surface area (Å²) in [4.78, 5) is 29.5. The Morgan fingerprint density at radius 1 is 1.06 bits per heavy atom.